The summed E-state index contributed by atoms with van der Waals surface area (Å²) in [6.45, 7) is 1.47. The Balaban J connectivity index is 1.74. The van der Waals surface area contributed by atoms with Crippen molar-refractivity contribution in [1.82, 2.24) is 10.3 Å². The molecule has 1 aromatic heterocycles. The lowest BCUT2D eigenvalue weighted by molar-refractivity contribution is 0.0774. The van der Waals surface area contributed by atoms with E-state index in [1.165, 1.54) is 12.1 Å². The molecule has 0 unspecified atom stereocenters. The van der Waals surface area contributed by atoms with E-state index in [1.807, 2.05) is 30.3 Å². The molecule has 0 amide bonds. The lowest BCUT2D eigenvalue weighted by Crippen LogP contribution is -2.31. The lowest BCUT2D eigenvalue weighted by Gasteiger charge is -2.24. The summed E-state index contributed by atoms with van der Waals surface area (Å²) in [5.74, 6) is -0.213. The number of hydrogen-bond acceptors (Lipinski definition) is 3. The Kier molecular flexibility index (Phi) is 4.58. The first-order chi connectivity index (χ1) is 10.3. The van der Waals surface area contributed by atoms with Gasteiger partial charge in [-0.3, -0.25) is 4.98 Å². The van der Waals surface area contributed by atoms with E-state index in [4.69, 9.17) is 4.74 Å². The van der Waals surface area contributed by atoms with Crippen molar-refractivity contribution in [2.75, 3.05) is 6.61 Å². The Morgan fingerprint density at radius 2 is 2.10 bits per heavy atom. The number of hydrogen-bond donors (Lipinski definition) is 1. The van der Waals surface area contributed by atoms with E-state index in [9.17, 15) is 4.39 Å². The average molecular weight is 286 g/mol. The number of halogens is 1. The summed E-state index contributed by atoms with van der Waals surface area (Å²) < 4.78 is 18.9. The molecule has 2 heterocycles. The molecule has 0 bridgehead atoms. The summed E-state index contributed by atoms with van der Waals surface area (Å²) in [5.41, 5.74) is 2.04. The zero-order valence-corrected chi connectivity index (χ0v) is 11.8. The summed E-state index contributed by atoms with van der Waals surface area (Å²) >= 11 is 0. The SMILES string of the molecule is Fc1ccc([C@@H](NCc2ccccn2)[C@H]2CCCO2)cc1. The number of nitrogens with zero attached hydrogens (tertiary/aromatic N) is 1. The van der Waals surface area contributed by atoms with Crippen molar-refractivity contribution >= 4 is 0 Å². The third-order valence-electron chi connectivity index (χ3n) is 3.80. The summed E-state index contributed by atoms with van der Waals surface area (Å²) in [5, 5.41) is 3.50. The number of aromatic nitrogens is 1. The molecule has 0 spiro atoms. The molecule has 3 rings (SSSR count). The smallest absolute Gasteiger partial charge is 0.123 e. The zero-order chi connectivity index (χ0) is 14.5. The van der Waals surface area contributed by atoms with Gasteiger partial charge < -0.3 is 10.1 Å². The van der Waals surface area contributed by atoms with Crippen LogP contribution in [0.25, 0.3) is 0 Å². The van der Waals surface area contributed by atoms with Gasteiger partial charge >= 0.3 is 0 Å². The predicted octanol–water partition coefficient (Wildman–Crippen LogP) is 3.23. The Bertz CT molecular complexity index is 553. The summed E-state index contributed by atoms with van der Waals surface area (Å²) in [4.78, 5) is 4.32. The van der Waals surface area contributed by atoms with Gasteiger partial charge in [0.2, 0.25) is 0 Å². The van der Waals surface area contributed by atoms with Crippen LogP contribution >= 0.6 is 0 Å². The van der Waals surface area contributed by atoms with Crippen LogP contribution in [-0.2, 0) is 11.3 Å². The van der Waals surface area contributed by atoms with Crippen LogP contribution in [0.4, 0.5) is 4.39 Å². The normalized spacial score (nSPS) is 19.6. The second-order valence-electron chi connectivity index (χ2n) is 5.28. The highest BCUT2D eigenvalue weighted by Crippen LogP contribution is 2.27. The molecule has 0 saturated carbocycles. The monoisotopic (exact) mass is 286 g/mol. The van der Waals surface area contributed by atoms with Gasteiger partial charge in [-0.2, -0.15) is 0 Å². The molecule has 0 radical (unpaired) electrons. The minimum atomic E-state index is -0.213. The maximum Gasteiger partial charge on any atom is 0.123 e. The highest BCUT2D eigenvalue weighted by molar-refractivity contribution is 5.21. The Labute approximate surface area is 124 Å². The summed E-state index contributed by atoms with van der Waals surface area (Å²) in [6, 6.07) is 12.6. The Morgan fingerprint density at radius 3 is 2.76 bits per heavy atom. The van der Waals surface area contributed by atoms with Gasteiger partial charge in [0.15, 0.2) is 0 Å². The zero-order valence-electron chi connectivity index (χ0n) is 11.8. The molecule has 1 aromatic carbocycles. The van der Waals surface area contributed by atoms with E-state index in [1.54, 1.807) is 6.20 Å². The second kappa shape index (κ2) is 6.78. The molecule has 1 saturated heterocycles. The van der Waals surface area contributed by atoms with Gasteiger partial charge in [-0.25, -0.2) is 4.39 Å². The van der Waals surface area contributed by atoms with Crippen molar-refractivity contribution in [1.29, 1.82) is 0 Å². The van der Waals surface area contributed by atoms with Crippen molar-refractivity contribution in [3.05, 3.63) is 65.7 Å². The maximum absolute atomic E-state index is 13.1. The summed E-state index contributed by atoms with van der Waals surface area (Å²) in [7, 11) is 0. The topological polar surface area (TPSA) is 34.2 Å². The molecule has 21 heavy (non-hydrogen) atoms. The molecule has 1 N–H and O–H groups in total. The van der Waals surface area contributed by atoms with Crippen LogP contribution in [0.15, 0.2) is 48.7 Å². The largest absolute Gasteiger partial charge is 0.376 e. The predicted molar refractivity (Wildman–Crippen MR) is 79.2 cm³/mol. The number of ether oxygens (including phenoxy) is 1. The van der Waals surface area contributed by atoms with Crippen molar-refractivity contribution in [3.8, 4) is 0 Å². The fourth-order valence-electron chi connectivity index (χ4n) is 2.72. The van der Waals surface area contributed by atoms with E-state index in [0.29, 0.717) is 6.54 Å². The van der Waals surface area contributed by atoms with Crippen molar-refractivity contribution < 1.29 is 9.13 Å². The molecule has 1 fully saturated rings. The van der Waals surface area contributed by atoms with Gasteiger partial charge in [-0.1, -0.05) is 18.2 Å². The van der Waals surface area contributed by atoms with Crippen LogP contribution in [0.1, 0.15) is 30.1 Å². The third-order valence-corrected chi connectivity index (χ3v) is 3.80. The van der Waals surface area contributed by atoms with Crippen molar-refractivity contribution in [2.45, 2.75) is 31.5 Å². The molecule has 110 valence electrons. The lowest BCUT2D eigenvalue weighted by atomic mass is 9.99. The maximum atomic E-state index is 13.1. The van der Waals surface area contributed by atoms with Crippen LogP contribution in [-0.4, -0.2) is 17.7 Å². The minimum absolute atomic E-state index is 0.0649. The highest BCUT2D eigenvalue weighted by Gasteiger charge is 2.27. The molecule has 1 aliphatic heterocycles. The number of rotatable bonds is 5. The molecule has 2 aromatic rings. The highest BCUT2D eigenvalue weighted by atomic mass is 19.1. The number of pyridine rings is 1. The van der Waals surface area contributed by atoms with Gasteiger partial charge in [0, 0.05) is 19.3 Å². The third kappa shape index (κ3) is 3.65. The van der Waals surface area contributed by atoms with E-state index in [-0.39, 0.29) is 18.0 Å². The molecular weight excluding hydrogens is 267 g/mol. The first-order valence-corrected chi connectivity index (χ1v) is 7.33. The number of nitrogens with one attached hydrogen (secondary N) is 1. The number of benzene rings is 1. The van der Waals surface area contributed by atoms with Crippen LogP contribution in [0, 0.1) is 5.82 Å². The van der Waals surface area contributed by atoms with E-state index in [0.717, 1.165) is 30.7 Å². The molecule has 3 nitrogen and oxygen atoms in total. The van der Waals surface area contributed by atoms with Gasteiger partial charge in [0.25, 0.3) is 0 Å². The summed E-state index contributed by atoms with van der Waals surface area (Å²) in [6.07, 6.45) is 4.03. The first-order valence-electron chi connectivity index (χ1n) is 7.33. The molecule has 2 atom stereocenters. The van der Waals surface area contributed by atoms with E-state index >= 15 is 0 Å². The van der Waals surface area contributed by atoms with Crippen molar-refractivity contribution in [2.24, 2.45) is 0 Å². The standard InChI is InChI=1S/C17H19FN2O/c18-14-8-6-13(7-9-14)17(16-5-3-11-21-16)20-12-15-4-1-2-10-19-15/h1-2,4,6-10,16-17,20H,3,5,11-12H2/t16-,17-/m1/s1. The van der Waals surface area contributed by atoms with Crippen LogP contribution < -0.4 is 5.32 Å². The van der Waals surface area contributed by atoms with E-state index in [2.05, 4.69) is 10.3 Å². The quantitative estimate of drug-likeness (QED) is 0.916. The van der Waals surface area contributed by atoms with Crippen LogP contribution in [0.3, 0.4) is 0 Å². The van der Waals surface area contributed by atoms with Crippen molar-refractivity contribution in [3.63, 3.8) is 0 Å². The second-order valence-corrected chi connectivity index (χ2v) is 5.28. The van der Waals surface area contributed by atoms with E-state index < -0.39 is 0 Å². The average Bonchev–Trinajstić information content (AvgIpc) is 3.04. The molecule has 0 aliphatic carbocycles. The van der Waals surface area contributed by atoms with Gasteiger partial charge in [-0.05, 0) is 42.7 Å². The Hall–Kier alpha value is -1.78. The fraction of sp³-hybridized carbons (Fsp3) is 0.353. The van der Waals surface area contributed by atoms with Crippen LogP contribution in [0.5, 0.6) is 0 Å². The molecular formula is C17H19FN2O. The molecule has 1 aliphatic rings. The molecule has 4 heteroatoms. The van der Waals surface area contributed by atoms with Crippen LogP contribution in [0.2, 0.25) is 0 Å². The van der Waals surface area contributed by atoms with Gasteiger partial charge in [-0.15, -0.1) is 0 Å². The minimum Gasteiger partial charge on any atom is -0.376 e. The fourth-order valence-corrected chi connectivity index (χ4v) is 2.72. The van der Waals surface area contributed by atoms with Gasteiger partial charge in [0.1, 0.15) is 5.82 Å². The Morgan fingerprint density at radius 1 is 1.24 bits per heavy atom. The first kappa shape index (κ1) is 14.2. The van der Waals surface area contributed by atoms with Gasteiger partial charge in [0.05, 0.1) is 17.8 Å².